The molecule has 0 unspecified atom stereocenters. The number of benzene rings is 2. The van der Waals surface area contributed by atoms with Crippen molar-refractivity contribution in [3.05, 3.63) is 65.2 Å². The average Bonchev–Trinajstić information content (AvgIpc) is 3.29. The summed E-state index contributed by atoms with van der Waals surface area (Å²) in [5, 5.41) is 11.7. The van der Waals surface area contributed by atoms with E-state index in [4.69, 9.17) is 23.7 Å². The van der Waals surface area contributed by atoms with Gasteiger partial charge in [0.15, 0.2) is 12.6 Å². The molecule has 11 nitrogen and oxygen atoms in total. The first-order valence-electron chi connectivity index (χ1n) is 14.8. The van der Waals surface area contributed by atoms with E-state index in [2.05, 4.69) is 4.74 Å². The first-order chi connectivity index (χ1) is 20.9. The molecule has 2 saturated heterocycles. The second kappa shape index (κ2) is 14.4. The van der Waals surface area contributed by atoms with Gasteiger partial charge in [0.25, 0.3) is 11.8 Å². The maximum absolute atomic E-state index is 13.4. The quantitative estimate of drug-likeness (QED) is 0.207. The van der Waals surface area contributed by atoms with E-state index in [0.717, 1.165) is 49.0 Å². The first kappa shape index (κ1) is 31.1. The first-order valence-corrected chi connectivity index (χ1v) is 14.8. The molecular formula is C32H39NO10. The van der Waals surface area contributed by atoms with Crippen LogP contribution in [0.3, 0.4) is 0 Å². The van der Waals surface area contributed by atoms with Gasteiger partial charge in [0.05, 0.1) is 32.0 Å². The number of imide groups is 1. The van der Waals surface area contributed by atoms with Crippen molar-refractivity contribution >= 4 is 17.8 Å². The molecule has 43 heavy (non-hydrogen) atoms. The van der Waals surface area contributed by atoms with E-state index in [1.807, 2.05) is 12.1 Å². The predicted molar refractivity (Wildman–Crippen MR) is 152 cm³/mol. The maximum atomic E-state index is 13.4. The molecule has 0 spiro atoms. The van der Waals surface area contributed by atoms with Crippen molar-refractivity contribution in [2.24, 2.45) is 0 Å². The molecular weight excluding hydrogens is 558 g/mol. The van der Waals surface area contributed by atoms with Crippen LogP contribution in [0.2, 0.25) is 0 Å². The number of carbonyl (C=O) groups is 3. The molecule has 1 N–H and O–H groups in total. The average molecular weight is 598 g/mol. The van der Waals surface area contributed by atoms with Crippen LogP contribution in [0.4, 0.5) is 0 Å². The predicted octanol–water partition coefficient (Wildman–Crippen LogP) is 3.78. The Labute approximate surface area is 250 Å². The van der Waals surface area contributed by atoms with Crippen molar-refractivity contribution in [1.82, 2.24) is 4.90 Å². The summed E-state index contributed by atoms with van der Waals surface area (Å²) < 4.78 is 34.4. The van der Waals surface area contributed by atoms with Gasteiger partial charge in [-0.25, -0.2) is 0 Å². The minimum absolute atomic E-state index is 0.124. The van der Waals surface area contributed by atoms with E-state index in [1.165, 1.54) is 7.11 Å². The number of ether oxygens (including phenoxy) is 6. The van der Waals surface area contributed by atoms with Crippen LogP contribution in [-0.2, 0) is 28.5 Å². The summed E-state index contributed by atoms with van der Waals surface area (Å²) in [6, 6.07) is 12.7. The molecule has 6 atom stereocenters. The summed E-state index contributed by atoms with van der Waals surface area (Å²) in [6.07, 6.45) is 1.07. The number of carbonyl (C=O) groups excluding carboxylic acids is 3. The van der Waals surface area contributed by atoms with E-state index in [-0.39, 0.29) is 23.7 Å². The Morgan fingerprint density at radius 1 is 0.907 bits per heavy atom. The number of nitrogens with zero attached hydrogens (tertiary/aromatic N) is 1. The minimum Gasteiger partial charge on any atom is -0.497 e. The Morgan fingerprint density at radius 2 is 1.56 bits per heavy atom. The van der Waals surface area contributed by atoms with Gasteiger partial charge in [-0.2, -0.15) is 0 Å². The third kappa shape index (κ3) is 6.91. The van der Waals surface area contributed by atoms with Gasteiger partial charge in [-0.1, -0.05) is 49.9 Å². The normalized spacial score (nSPS) is 26.6. The van der Waals surface area contributed by atoms with Crippen LogP contribution in [-0.4, -0.2) is 85.9 Å². The minimum atomic E-state index is -1.29. The number of fused-ring (bicyclic) bond motifs is 2. The fraction of sp³-hybridized carbons (Fsp3) is 0.531. The van der Waals surface area contributed by atoms with Gasteiger partial charge in [0.2, 0.25) is 0 Å². The number of aliphatic hydroxyl groups excluding tert-OH is 1. The highest BCUT2D eigenvalue weighted by Gasteiger charge is 2.55. The lowest BCUT2D eigenvalue weighted by atomic mass is 9.94. The van der Waals surface area contributed by atoms with Gasteiger partial charge in [-0.3, -0.25) is 19.3 Å². The zero-order chi connectivity index (χ0) is 30.3. The lowest BCUT2D eigenvalue weighted by Gasteiger charge is -2.49. The summed E-state index contributed by atoms with van der Waals surface area (Å²) in [4.78, 5) is 39.2. The molecule has 0 bridgehead atoms. The molecule has 2 aromatic carbocycles. The zero-order valence-electron chi connectivity index (χ0n) is 24.5. The molecule has 2 amide bonds. The molecule has 0 saturated carbocycles. The van der Waals surface area contributed by atoms with Crippen LogP contribution in [0.15, 0.2) is 48.5 Å². The summed E-state index contributed by atoms with van der Waals surface area (Å²) in [7, 11) is 2.97. The molecule has 2 fully saturated rings. The number of hydrogen-bond donors (Lipinski definition) is 1. The number of esters is 1. The van der Waals surface area contributed by atoms with Crippen molar-refractivity contribution < 1.29 is 47.9 Å². The molecule has 3 aliphatic heterocycles. The molecule has 2 aromatic rings. The van der Waals surface area contributed by atoms with Gasteiger partial charge >= 0.3 is 5.97 Å². The Hall–Kier alpha value is -3.35. The topological polar surface area (TPSA) is 130 Å². The van der Waals surface area contributed by atoms with E-state index < -0.39 is 48.7 Å². The zero-order valence-corrected chi connectivity index (χ0v) is 24.5. The van der Waals surface area contributed by atoms with Crippen molar-refractivity contribution in [3.63, 3.8) is 0 Å². The van der Waals surface area contributed by atoms with Gasteiger partial charge in [-0.15, -0.1) is 0 Å². The number of amides is 2. The number of unbranched alkanes of at least 4 members (excludes halogenated alkanes) is 5. The second-order valence-corrected chi connectivity index (χ2v) is 10.9. The Balaban J connectivity index is 1.24. The smallest absolute Gasteiger partial charge is 0.305 e. The fourth-order valence-corrected chi connectivity index (χ4v) is 5.78. The highest BCUT2D eigenvalue weighted by molar-refractivity contribution is 6.21. The molecule has 5 rings (SSSR count). The third-order valence-electron chi connectivity index (χ3n) is 8.13. The van der Waals surface area contributed by atoms with Crippen LogP contribution in [0.1, 0.15) is 77.5 Å². The van der Waals surface area contributed by atoms with Crippen molar-refractivity contribution in [3.8, 4) is 5.75 Å². The van der Waals surface area contributed by atoms with Gasteiger partial charge in [-0.05, 0) is 37.1 Å². The Morgan fingerprint density at radius 3 is 2.21 bits per heavy atom. The highest BCUT2D eigenvalue weighted by Crippen LogP contribution is 2.38. The molecule has 0 aliphatic carbocycles. The summed E-state index contributed by atoms with van der Waals surface area (Å²) in [5.41, 5.74) is 1.28. The van der Waals surface area contributed by atoms with Gasteiger partial charge in [0.1, 0.15) is 30.1 Å². The van der Waals surface area contributed by atoms with Gasteiger partial charge in [0, 0.05) is 18.6 Å². The summed E-state index contributed by atoms with van der Waals surface area (Å²) in [6.45, 7) is 0.436. The van der Waals surface area contributed by atoms with Crippen LogP contribution in [0.25, 0.3) is 0 Å². The van der Waals surface area contributed by atoms with E-state index in [9.17, 15) is 19.5 Å². The lowest BCUT2D eigenvalue weighted by molar-refractivity contribution is -0.349. The van der Waals surface area contributed by atoms with E-state index in [0.29, 0.717) is 18.8 Å². The highest BCUT2D eigenvalue weighted by atomic mass is 16.7. The monoisotopic (exact) mass is 597 g/mol. The summed E-state index contributed by atoms with van der Waals surface area (Å²) in [5.74, 6) is -0.525. The van der Waals surface area contributed by atoms with E-state index in [1.54, 1.807) is 43.5 Å². The molecule has 11 heteroatoms. The number of hydrogen-bond acceptors (Lipinski definition) is 10. The number of methoxy groups -OCH3 is 2. The maximum Gasteiger partial charge on any atom is 0.305 e. The van der Waals surface area contributed by atoms with Crippen LogP contribution >= 0.6 is 0 Å². The van der Waals surface area contributed by atoms with Gasteiger partial charge < -0.3 is 33.5 Å². The lowest BCUT2D eigenvalue weighted by Crippen LogP contribution is -2.67. The van der Waals surface area contributed by atoms with Crippen LogP contribution in [0, 0.1) is 0 Å². The SMILES string of the molecule is COC(=O)CCCCCCCCO[C@@H]1O[C@@H]2CO[C@H](c3ccc(OC)cc3)O[C@@H]2[C@@H](O)[C@H]1N1C(=O)c2ccccc2C1=O. The second-order valence-electron chi connectivity index (χ2n) is 10.9. The number of rotatable bonds is 13. The molecule has 232 valence electrons. The standard InChI is InChI=1S/C32H39NO10/c1-38-21-16-14-20(15-17-21)31-41-19-24-28(43-31)27(35)26(33-29(36)22-11-8-9-12-23(22)30(33)37)32(42-24)40-18-10-6-4-3-5-7-13-25(34)39-2/h8-9,11-12,14-17,24,26-28,31-32,35H,3-7,10,13,18-19H2,1-2H3/t24-,26-,27+,28+,31+,32-/m1/s1. The van der Waals surface area contributed by atoms with Crippen LogP contribution < -0.4 is 4.74 Å². The molecule has 0 aromatic heterocycles. The van der Waals surface area contributed by atoms with Crippen molar-refractivity contribution in [2.75, 3.05) is 27.4 Å². The third-order valence-corrected chi connectivity index (χ3v) is 8.13. The van der Waals surface area contributed by atoms with Crippen molar-refractivity contribution in [2.45, 2.75) is 81.9 Å². The largest absolute Gasteiger partial charge is 0.497 e. The molecule has 3 aliphatic rings. The van der Waals surface area contributed by atoms with E-state index >= 15 is 0 Å². The Bertz CT molecular complexity index is 1230. The fourth-order valence-electron chi connectivity index (χ4n) is 5.78. The molecule has 3 heterocycles. The summed E-state index contributed by atoms with van der Waals surface area (Å²) >= 11 is 0. The molecule has 0 radical (unpaired) electrons. The van der Waals surface area contributed by atoms with Crippen molar-refractivity contribution in [1.29, 1.82) is 0 Å². The Kier molecular flexibility index (Phi) is 10.4. The van der Waals surface area contributed by atoms with Crippen LogP contribution in [0.5, 0.6) is 5.75 Å². The number of aliphatic hydroxyl groups is 1.